The molecule has 1 amide bonds. The summed E-state index contributed by atoms with van der Waals surface area (Å²) < 4.78 is 12.3. The van der Waals surface area contributed by atoms with Gasteiger partial charge >= 0.3 is 0 Å². The number of benzene rings is 2. The lowest BCUT2D eigenvalue weighted by Gasteiger charge is -2.11. The summed E-state index contributed by atoms with van der Waals surface area (Å²) in [4.78, 5) is 14.6. The van der Waals surface area contributed by atoms with Crippen molar-refractivity contribution in [1.29, 1.82) is 0 Å². The van der Waals surface area contributed by atoms with Crippen LogP contribution < -0.4 is 9.47 Å². The van der Waals surface area contributed by atoms with Crippen molar-refractivity contribution in [1.82, 2.24) is 4.90 Å². The fourth-order valence-electron chi connectivity index (χ4n) is 2.93. The summed E-state index contributed by atoms with van der Waals surface area (Å²) in [5.41, 5.74) is 3.22. The molecule has 0 unspecified atom stereocenters. The minimum atomic E-state index is -0.0835. The van der Waals surface area contributed by atoms with Gasteiger partial charge in [-0.2, -0.15) is 0 Å². The summed E-state index contributed by atoms with van der Waals surface area (Å²) in [6, 6.07) is 13.9. The molecular formula is C24H25NO3S2. The number of aryl methyl sites for hydroxylation is 2. The van der Waals surface area contributed by atoms with Crippen LogP contribution in [0.15, 0.2) is 60.0 Å². The number of carbonyl (C=O) groups excluding carboxylic acids is 1. The fraction of sp³-hybridized carbons (Fsp3) is 0.250. The van der Waals surface area contributed by atoms with Gasteiger partial charge in [-0.05, 0) is 54.8 Å². The van der Waals surface area contributed by atoms with E-state index in [1.54, 1.807) is 11.0 Å². The standard InChI is InChI=1S/C24H25NO3S2/c1-4-11-25-23(26)22(30-24(25)29)16-19-7-5-8-20(15-19)27-12-6-13-28-21-14-17(2)9-10-18(21)3/h4-5,7-10,14-16H,1,6,11-13H2,2-3H3. The quantitative estimate of drug-likeness (QED) is 0.222. The Balaban J connectivity index is 1.52. The molecule has 0 bridgehead atoms. The van der Waals surface area contributed by atoms with Crippen molar-refractivity contribution in [3.05, 3.63) is 76.7 Å². The molecule has 0 spiro atoms. The van der Waals surface area contributed by atoms with Gasteiger partial charge < -0.3 is 9.47 Å². The number of rotatable bonds is 9. The van der Waals surface area contributed by atoms with Crippen molar-refractivity contribution in [3.63, 3.8) is 0 Å². The third kappa shape index (κ3) is 5.74. The Hall–Kier alpha value is -2.57. The fourth-order valence-corrected chi connectivity index (χ4v) is 4.20. The normalized spacial score (nSPS) is 15.0. The molecular weight excluding hydrogens is 414 g/mol. The van der Waals surface area contributed by atoms with Crippen LogP contribution >= 0.6 is 24.0 Å². The first-order valence-electron chi connectivity index (χ1n) is 9.77. The van der Waals surface area contributed by atoms with E-state index in [1.165, 1.54) is 17.3 Å². The Morgan fingerprint density at radius 2 is 1.93 bits per heavy atom. The van der Waals surface area contributed by atoms with Crippen LogP contribution in [0.3, 0.4) is 0 Å². The van der Waals surface area contributed by atoms with Crippen LogP contribution in [0.5, 0.6) is 11.5 Å². The van der Waals surface area contributed by atoms with Gasteiger partial charge in [0.25, 0.3) is 5.91 Å². The van der Waals surface area contributed by atoms with Crippen molar-refractivity contribution in [2.24, 2.45) is 0 Å². The highest BCUT2D eigenvalue weighted by atomic mass is 32.2. The van der Waals surface area contributed by atoms with Crippen LogP contribution in [-0.4, -0.2) is 34.9 Å². The van der Waals surface area contributed by atoms with Gasteiger partial charge in [-0.25, -0.2) is 0 Å². The first kappa shape index (κ1) is 22.1. The van der Waals surface area contributed by atoms with Crippen LogP contribution in [0.2, 0.25) is 0 Å². The summed E-state index contributed by atoms with van der Waals surface area (Å²) in [6.07, 6.45) is 4.29. The molecule has 0 aliphatic carbocycles. The van der Waals surface area contributed by atoms with Crippen molar-refractivity contribution in [3.8, 4) is 11.5 Å². The summed E-state index contributed by atoms with van der Waals surface area (Å²) >= 11 is 6.59. The van der Waals surface area contributed by atoms with Crippen LogP contribution in [0.1, 0.15) is 23.1 Å². The molecule has 6 heteroatoms. The van der Waals surface area contributed by atoms with Gasteiger partial charge in [-0.15, -0.1) is 6.58 Å². The lowest BCUT2D eigenvalue weighted by Crippen LogP contribution is -2.27. The number of ether oxygens (including phenoxy) is 2. The maximum Gasteiger partial charge on any atom is 0.266 e. The maximum absolute atomic E-state index is 12.5. The molecule has 0 atom stereocenters. The molecule has 4 nitrogen and oxygen atoms in total. The highest BCUT2D eigenvalue weighted by Gasteiger charge is 2.30. The second kappa shape index (κ2) is 10.5. The van der Waals surface area contributed by atoms with Crippen molar-refractivity contribution in [2.75, 3.05) is 19.8 Å². The van der Waals surface area contributed by atoms with Gasteiger partial charge in [0, 0.05) is 13.0 Å². The molecule has 30 heavy (non-hydrogen) atoms. The molecule has 1 saturated heterocycles. The zero-order valence-electron chi connectivity index (χ0n) is 17.2. The highest BCUT2D eigenvalue weighted by molar-refractivity contribution is 8.26. The molecule has 1 heterocycles. The average Bonchev–Trinajstić information content (AvgIpc) is 2.98. The number of thiocarbonyl (C=S) groups is 1. The molecule has 0 aromatic heterocycles. The number of thioether (sulfide) groups is 1. The number of hydrogen-bond acceptors (Lipinski definition) is 5. The van der Waals surface area contributed by atoms with E-state index in [9.17, 15) is 4.79 Å². The van der Waals surface area contributed by atoms with Gasteiger partial charge in [0.05, 0.1) is 18.1 Å². The first-order valence-corrected chi connectivity index (χ1v) is 11.0. The van der Waals surface area contributed by atoms with Crippen LogP contribution in [0.4, 0.5) is 0 Å². The monoisotopic (exact) mass is 439 g/mol. The van der Waals surface area contributed by atoms with Crippen LogP contribution in [0.25, 0.3) is 6.08 Å². The second-order valence-corrected chi connectivity index (χ2v) is 8.65. The molecule has 1 fully saturated rings. The van der Waals surface area contributed by atoms with Crippen molar-refractivity contribution < 1.29 is 14.3 Å². The number of amides is 1. The molecule has 2 aromatic rings. The molecule has 2 aromatic carbocycles. The Morgan fingerprint density at radius 1 is 1.13 bits per heavy atom. The summed E-state index contributed by atoms with van der Waals surface area (Å²) in [6.45, 7) is 9.34. The molecule has 1 aliphatic heterocycles. The molecule has 0 saturated carbocycles. The lowest BCUT2D eigenvalue weighted by atomic mass is 10.1. The van der Waals surface area contributed by atoms with Gasteiger partial charge in [-0.1, -0.05) is 54.3 Å². The maximum atomic E-state index is 12.5. The zero-order chi connectivity index (χ0) is 21.5. The SMILES string of the molecule is C=CCN1C(=O)C(=Cc2cccc(OCCCOc3cc(C)ccc3C)c2)SC1=S. The number of carbonyl (C=O) groups is 1. The molecule has 3 rings (SSSR count). The van der Waals surface area contributed by atoms with Crippen LogP contribution in [0, 0.1) is 13.8 Å². The van der Waals surface area contributed by atoms with E-state index >= 15 is 0 Å². The number of nitrogens with zero attached hydrogens (tertiary/aromatic N) is 1. The first-order chi connectivity index (χ1) is 14.5. The van der Waals surface area contributed by atoms with E-state index in [0.29, 0.717) is 29.0 Å². The minimum absolute atomic E-state index is 0.0835. The number of hydrogen-bond donors (Lipinski definition) is 0. The minimum Gasteiger partial charge on any atom is -0.493 e. The highest BCUT2D eigenvalue weighted by Crippen LogP contribution is 2.32. The predicted octanol–water partition coefficient (Wildman–Crippen LogP) is 5.54. The smallest absolute Gasteiger partial charge is 0.266 e. The molecule has 1 aliphatic rings. The van der Waals surface area contributed by atoms with Crippen molar-refractivity contribution >= 4 is 40.3 Å². The van der Waals surface area contributed by atoms with E-state index in [0.717, 1.165) is 29.0 Å². The predicted molar refractivity (Wildman–Crippen MR) is 128 cm³/mol. The Labute approximate surface area is 187 Å². The van der Waals surface area contributed by atoms with Gasteiger partial charge in [0.2, 0.25) is 0 Å². The van der Waals surface area contributed by atoms with Crippen molar-refractivity contribution in [2.45, 2.75) is 20.3 Å². The van der Waals surface area contributed by atoms with Crippen LogP contribution in [-0.2, 0) is 4.79 Å². The molecule has 0 N–H and O–H groups in total. The van der Waals surface area contributed by atoms with E-state index in [-0.39, 0.29) is 5.91 Å². The summed E-state index contributed by atoms with van der Waals surface area (Å²) in [5, 5.41) is 0. The Bertz CT molecular complexity index is 984. The Morgan fingerprint density at radius 3 is 2.73 bits per heavy atom. The zero-order valence-corrected chi connectivity index (χ0v) is 18.9. The molecule has 156 valence electrons. The molecule has 0 radical (unpaired) electrons. The van der Waals surface area contributed by atoms with Gasteiger partial charge in [-0.3, -0.25) is 9.69 Å². The van der Waals surface area contributed by atoms with E-state index in [4.69, 9.17) is 21.7 Å². The third-order valence-corrected chi connectivity index (χ3v) is 5.88. The second-order valence-electron chi connectivity index (χ2n) is 6.97. The Kier molecular flexibility index (Phi) is 7.71. The topological polar surface area (TPSA) is 38.8 Å². The van der Waals surface area contributed by atoms with Gasteiger partial charge in [0.15, 0.2) is 0 Å². The van der Waals surface area contributed by atoms with E-state index < -0.39 is 0 Å². The van der Waals surface area contributed by atoms with E-state index in [2.05, 4.69) is 31.7 Å². The summed E-state index contributed by atoms with van der Waals surface area (Å²) in [7, 11) is 0. The largest absolute Gasteiger partial charge is 0.493 e. The van der Waals surface area contributed by atoms with Gasteiger partial charge in [0.1, 0.15) is 15.8 Å². The lowest BCUT2D eigenvalue weighted by molar-refractivity contribution is -0.121. The average molecular weight is 440 g/mol. The summed E-state index contributed by atoms with van der Waals surface area (Å²) in [5.74, 6) is 1.60. The third-order valence-electron chi connectivity index (χ3n) is 4.50. The van der Waals surface area contributed by atoms with E-state index in [1.807, 2.05) is 37.3 Å².